The SMILES string of the molecule is COc1ccc(-c2cc(-c3cc(C)cs3)nc(N)c2C#N)cc1O. The molecule has 3 rings (SSSR count). The lowest BCUT2D eigenvalue weighted by Gasteiger charge is -2.11. The van der Waals surface area contributed by atoms with Gasteiger partial charge in [-0.1, -0.05) is 6.07 Å². The Kier molecular flexibility index (Phi) is 4.11. The Hall–Kier alpha value is -3.04. The Morgan fingerprint density at radius 1 is 1.29 bits per heavy atom. The van der Waals surface area contributed by atoms with Gasteiger partial charge in [0.1, 0.15) is 17.5 Å². The van der Waals surface area contributed by atoms with Crippen molar-refractivity contribution in [2.75, 3.05) is 12.8 Å². The normalized spacial score (nSPS) is 10.4. The van der Waals surface area contributed by atoms with E-state index < -0.39 is 0 Å². The van der Waals surface area contributed by atoms with Gasteiger partial charge in [0.05, 0.1) is 17.7 Å². The Labute approximate surface area is 143 Å². The summed E-state index contributed by atoms with van der Waals surface area (Å²) in [4.78, 5) is 5.32. The summed E-state index contributed by atoms with van der Waals surface area (Å²) >= 11 is 1.57. The summed E-state index contributed by atoms with van der Waals surface area (Å²) in [5.74, 6) is 0.544. The molecule has 0 fully saturated rings. The molecule has 120 valence electrons. The number of methoxy groups -OCH3 is 1. The van der Waals surface area contributed by atoms with Gasteiger partial charge in [0.15, 0.2) is 11.5 Å². The maximum atomic E-state index is 10.0. The molecule has 24 heavy (non-hydrogen) atoms. The third-order valence-corrected chi connectivity index (χ3v) is 4.70. The number of nitrogens with zero attached hydrogens (tertiary/aromatic N) is 2. The van der Waals surface area contributed by atoms with Crippen LogP contribution in [0.1, 0.15) is 11.1 Å². The minimum absolute atomic E-state index is 0.00258. The predicted molar refractivity (Wildman–Crippen MR) is 95.1 cm³/mol. The topological polar surface area (TPSA) is 92.2 Å². The highest BCUT2D eigenvalue weighted by Crippen LogP contribution is 2.36. The lowest BCUT2D eigenvalue weighted by molar-refractivity contribution is 0.373. The molecule has 5 nitrogen and oxygen atoms in total. The third-order valence-electron chi connectivity index (χ3n) is 3.63. The number of rotatable bonds is 3. The number of phenols is 1. The van der Waals surface area contributed by atoms with Gasteiger partial charge >= 0.3 is 0 Å². The van der Waals surface area contributed by atoms with Crippen LogP contribution in [0.15, 0.2) is 35.7 Å². The Balaban J connectivity index is 2.21. The van der Waals surface area contributed by atoms with Crippen LogP contribution in [0.5, 0.6) is 11.5 Å². The van der Waals surface area contributed by atoms with E-state index in [-0.39, 0.29) is 17.1 Å². The summed E-state index contributed by atoms with van der Waals surface area (Å²) in [5, 5.41) is 21.5. The van der Waals surface area contributed by atoms with Crippen LogP contribution in [0.4, 0.5) is 5.82 Å². The molecule has 0 unspecified atom stereocenters. The van der Waals surface area contributed by atoms with E-state index in [0.717, 1.165) is 10.4 Å². The van der Waals surface area contributed by atoms with E-state index in [4.69, 9.17) is 10.5 Å². The zero-order chi connectivity index (χ0) is 17.3. The first kappa shape index (κ1) is 15.8. The van der Waals surface area contributed by atoms with Crippen molar-refractivity contribution in [3.8, 4) is 39.3 Å². The number of aromatic hydroxyl groups is 1. The molecule has 0 aliphatic heterocycles. The summed E-state index contributed by atoms with van der Waals surface area (Å²) in [5.41, 5.74) is 9.43. The molecule has 0 bridgehead atoms. The van der Waals surface area contributed by atoms with E-state index in [1.165, 1.54) is 7.11 Å². The summed E-state index contributed by atoms with van der Waals surface area (Å²) in [6.07, 6.45) is 0. The number of phenolic OH excluding ortho intramolecular Hbond substituents is 1. The fraction of sp³-hybridized carbons (Fsp3) is 0.111. The number of hydrogen-bond donors (Lipinski definition) is 2. The Morgan fingerprint density at radius 3 is 2.67 bits per heavy atom. The van der Waals surface area contributed by atoms with Gasteiger partial charge in [-0.3, -0.25) is 0 Å². The van der Waals surface area contributed by atoms with Crippen molar-refractivity contribution in [3.63, 3.8) is 0 Å². The molecule has 0 radical (unpaired) electrons. The molecule has 6 heteroatoms. The second kappa shape index (κ2) is 6.22. The van der Waals surface area contributed by atoms with Crippen LogP contribution in [-0.2, 0) is 0 Å². The molecule has 0 saturated heterocycles. The van der Waals surface area contributed by atoms with Crippen LogP contribution < -0.4 is 10.5 Å². The summed E-state index contributed by atoms with van der Waals surface area (Å²) < 4.78 is 5.06. The third kappa shape index (κ3) is 2.77. The van der Waals surface area contributed by atoms with E-state index in [1.807, 2.05) is 24.4 Å². The van der Waals surface area contributed by atoms with Gasteiger partial charge in [-0.05, 0) is 47.7 Å². The van der Waals surface area contributed by atoms with Gasteiger partial charge < -0.3 is 15.6 Å². The number of nitriles is 1. The zero-order valence-corrected chi connectivity index (χ0v) is 14.0. The quantitative estimate of drug-likeness (QED) is 0.755. The fourth-order valence-electron chi connectivity index (χ4n) is 2.46. The summed E-state index contributed by atoms with van der Waals surface area (Å²) in [6, 6.07) is 10.9. The molecule has 3 aromatic rings. The average Bonchev–Trinajstić information content (AvgIpc) is 3.00. The first-order valence-corrected chi connectivity index (χ1v) is 8.05. The van der Waals surface area contributed by atoms with Crippen LogP contribution in [0.2, 0.25) is 0 Å². The van der Waals surface area contributed by atoms with Gasteiger partial charge in [-0.25, -0.2) is 4.98 Å². The van der Waals surface area contributed by atoms with Crippen molar-refractivity contribution in [3.05, 3.63) is 46.8 Å². The minimum Gasteiger partial charge on any atom is -0.504 e. The van der Waals surface area contributed by atoms with Crippen LogP contribution in [0, 0.1) is 18.3 Å². The van der Waals surface area contributed by atoms with E-state index in [2.05, 4.69) is 11.1 Å². The van der Waals surface area contributed by atoms with Gasteiger partial charge in [-0.15, -0.1) is 11.3 Å². The molecule has 0 saturated carbocycles. The zero-order valence-electron chi connectivity index (χ0n) is 13.2. The summed E-state index contributed by atoms with van der Waals surface area (Å²) in [6.45, 7) is 2.01. The van der Waals surface area contributed by atoms with E-state index in [0.29, 0.717) is 22.6 Å². The van der Waals surface area contributed by atoms with Crippen molar-refractivity contribution in [2.45, 2.75) is 6.92 Å². The number of aryl methyl sites for hydroxylation is 1. The van der Waals surface area contributed by atoms with Crippen molar-refractivity contribution in [1.82, 2.24) is 4.98 Å². The van der Waals surface area contributed by atoms with E-state index in [9.17, 15) is 10.4 Å². The molecule has 0 aliphatic carbocycles. The molecular weight excluding hydrogens is 322 g/mol. The Morgan fingerprint density at radius 2 is 2.08 bits per heavy atom. The molecule has 3 N–H and O–H groups in total. The van der Waals surface area contributed by atoms with Gasteiger partial charge in [-0.2, -0.15) is 5.26 Å². The van der Waals surface area contributed by atoms with Crippen molar-refractivity contribution in [2.24, 2.45) is 0 Å². The molecule has 2 heterocycles. The van der Waals surface area contributed by atoms with Gasteiger partial charge in [0, 0.05) is 5.56 Å². The van der Waals surface area contributed by atoms with E-state index >= 15 is 0 Å². The highest BCUT2D eigenvalue weighted by Gasteiger charge is 2.15. The lowest BCUT2D eigenvalue weighted by atomic mass is 9.99. The van der Waals surface area contributed by atoms with Crippen LogP contribution in [-0.4, -0.2) is 17.2 Å². The highest BCUT2D eigenvalue weighted by molar-refractivity contribution is 7.13. The minimum atomic E-state index is 0.00258. The van der Waals surface area contributed by atoms with E-state index in [1.54, 1.807) is 29.5 Å². The second-order valence-electron chi connectivity index (χ2n) is 5.30. The van der Waals surface area contributed by atoms with Gasteiger partial charge in [0.2, 0.25) is 0 Å². The molecule has 2 aromatic heterocycles. The Bertz CT molecular complexity index is 957. The maximum absolute atomic E-state index is 10.0. The van der Waals surface area contributed by atoms with Crippen molar-refractivity contribution < 1.29 is 9.84 Å². The number of aromatic nitrogens is 1. The number of nitrogen functional groups attached to an aromatic ring is 1. The highest BCUT2D eigenvalue weighted by atomic mass is 32.1. The number of nitrogens with two attached hydrogens (primary N) is 1. The number of thiophene rings is 1. The molecule has 0 atom stereocenters. The van der Waals surface area contributed by atoms with Crippen molar-refractivity contribution in [1.29, 1.82) is 5.26 Å². The molecule has 0 spiro atoms. The molecule has 0 amide bonds. The molecular formula is C18H15N3O2S. The largest absolute Gasteiger partial charge is 0.504 e. The first-order chi connectivity index (χ1) is 11.5. The smallest absolute Gasteiger partial charge is 0.160 e. The second-order valence-corrected chi connectivity index (χ2v) is 6.21. The van der Waals surface area contributed by atoms with Crippen LogP contribution >= 0.6 is 11.3 Å². The van der Waals surface area contributed by atoms with Crippen molar-refractivity contribution >= 4 is 17.2 Å². The molecule has 1 aromatic carbocycles. The maximum Gasteiger partial charge on any atom is 0.160 e. The standard InChI is InChI=1S/C18H15N3O2S/c1-10-5-17(24-9-10)14-7-12(13(8-19)18(20)21-14)11-3-4-16(23-2)15(22)6-11/h3-7,9,22H,1-2H3,(H2,20,21). The van der Waals surface area contributed by atoms with Crippen LogP contribution in [0.3, 0.4) is 0 Å². The number of ether oxygens (including phenoxy) is 1. The number of anilines is 1. The van der Waals surface area contributed by atoms with Crippen LogP contribution in [0.25, 0.3) is 21.7 Å². The van der Waals surface area contributed by atoms with Gasteiger partial charge in [0.25, 0.3) is 0 Å². The first-order valence-electron chi connectivity index (χ1n) is 7.17. The number of pyridine rings is 1. The monoisotopic (exact) mass is 337 g/mol. The fourth-order valence-corrected chi connectivity index (χ4v) is 3.32. The molecule has 0 aliphatic rings. The predicted octanol–water partition coefficient (Wildman–Crippen LogP) is 3.95. The number of benzene rings is 1. The lowest BCUT2D eigenvalue weighted by Crippen LogP contribution is -1.99. The summed E-state index contributed by atoms with van der Waals surface area (Å²) in [7, 11) is 1.48. The number of hydrogen-bond acceptors (Lipinski definition) is 6. The average molecular weight is 337 g/mol.